The van der Waals surface area contributed by atoms with E-state index in [1.807, 2.05) is 66.0 Å². The number of halogens is 1. The van der Waals surface area contributed by atoms with Crippen molar-refractivity contribution in [2.45, 2.75) is 0 Å². The number of rotatable bonds is 4. The molecule has 6 heteroatoms. The van der Waals surface area contributed by atoms with E-state index in [9.17, 15) is 4.79 Å². The van der Waals surface area contributed by atoms with Crippen LogP contribution < -0.4 is 5.43 Å². The van der Waals surface area contributed by atoms with E-state index in [0.29, 0.717) is 5.69 Å². The minimum absolute atomic E-state index is 0.274. The van der Waals surface area contributed by atoms with E-state index in [1.54, 1.807) is 17.6 Å². The van der Waals surface area contributed by atoms with Gasteiger partial charge in [-0.15, -0.1) is 11.3 Å². The molecule has 1 amide bonds. The molecule has 0 saturated carbocycles. The number of hydrogen-bond donors (Lipinski definition) is 2. The number of benzene rings is 2. The number of carbonyl (C=O) groups excluding carboxylic acids is 1. The summed E-state index contributed by atoms with van der Waals surface area (Å²) in [6.45, 7) is 0. The Morgan fingerprint density at radius 1 is 1.12 bits per heavy atom. The summed E-state index contributed by atoms with van der Waals surface area (Å²) in [5.41, 5.74) is 5.86. The van der Waals surface area contributed by atoms with Gasteiger partial charge in [-0.05, 0) is 35.2 Å². The Labute approximate surface area is 162 Å². The summed E-state index contributed by atoms with van der Waals surface area (Å²) >= 11 is 5.07. The molecule has 0 radical (unpaired) electrons. The monoisotopic (exact) mass is 423 g/mol. The highest BCUT2D eigenvalue weighted by Crippen LogP contribution is 2.34. The number of thiophene rings is 1. The molecule has 2 aromatic heterocycles. The van der Waals surface area contributed by atoms with Crippen LogP contribution in [0.2, 0.25) is 0 Å². The molecule has 26 heavy (non-hydrogen) atoms. The van der Waals surface area contributed by atoms with Gasteiger partial charge in [0.1, 0.15) is 5.69 Å². The molecule has 0 unspecified atom stereocenters. The molecule has 0 bridgehead atoms. The fourth-order valence-electron chi connectivity index (χ4n) is 2.81. The van der Waals surface area contributed by atoms with Gasteiger partial charge < -0.3 is 4.98 Å². The highest BCUT2D eigenvalue weighted by Gasteiger charge is 2.19. The SMILES string of the molecule is O=C(N/N=C\c1cccs1)c1[nH]c2ccc(Br)cc2c1-c1ccccc1. The Morgan fingerprint density at radius 3 is 2.73 bits per heavy atom. The van der Waals surface area contributed by atoms with Gasteiger partial charge in [0, 0.05) is 25.8 Å². The van der Waals surface area contributed by atoms with Gasteiger partial charge in [-0.2, -0.15) is 5.10 Å². The minimum atomic E-state index is -0.274. The van der Waals surface area contributed by atoms with Crippen molar-refractivity contribution in [1.82, 2.24) is 10.4 Å². The summed E-state index contributed by atoms with van der Waals surface area (Å²) in [4.78, 5) is 17.0. The number of nitrogens with zero attached hydrogens (tertiary/aromatic N) is 1. The number of amides is 1. The molecule has 2 heterocycles. The topological polar surface area (TPSA) is 57.2 Å². The lowest BCUT2D eigenvalue weighted by Gasteiger charge is -2.04. The van der Waals surface area contributed by atoms with E-state index in [-0.39, 0.29) is 5.91 Å². The van der Waals surface area contributed by atoms with Gasteiger partial charge in [-0.1, -0.05) is 52.3 Å². The zero-order valence-corrected chi connectivity index (χ0v) is 16.0. The third kappa shape index (κ3) is 3.34. The van der Waals surface area contributed by atoms with Crippen LogP contribution in [0.15, 0.2) is 75.6 Å². The molecule has 4 nitrogen and oxygen atoms in total. The van der Waals surface area contributed by atoms with Crippen LogP contribution in [0.1, 0.15) is 15.4 Å². The Morgan fingerprint density at radius 2 is 1.96 bits per heavy atom. The Bertz CT molecular complexity index is 1090. The van der Waals surface area contributed by atoms with E-state index < -0.39 is 0 Å². The molecule has 0 aliphatic heterocycles. The molecule has 0 aliphatic rings. The molecule has 0 fully saturated rings. The van der Waals surface area contributed by atoms with Gasteiger partial charge >= 0.3 is 0 Å². The average Bonchev–Trinajstić information content (AvgIpc) is 3.29. The highest BCUT2D eigenvalue weighted by atomic mass is 79.9. The summed E-state index contributed by atoms with van der Waals surface area (Å²) in [7, 11) is 0. The summed E-state index contributed by atoms with van der Waals surface area (Å²) in [5, 5.41) is 7.02. The maximum atomic E-state index is 12.8. The fourth-order valence-corrected chi connectivity index (χ4v) is 3.76. The second-order valence-electron chi connectivity index (χ2n) is 5.65. The first kappa shape index (κ1) is 16.8. The van der Waals surface area contributed by atoms with Crippen LogP contribution in [0.5, 0.6) is 0 Å². The van der Waals surface area contributed by atoms with Crippen LogP contribution in [0.4, 0.5) is 0 Å². The van der Waals surface area contributed by atoms with Crippen LogP contribution in [0, 0.1) is 0 Å². The smallest absolute Gasteiger partial charge is 0.288 e. The first-order chi connectivity index (χ1) is 12.7. The zero-order valence-electron chi connectivity index (χ0n) is 13.6. The number of aromatic amines is 1. The predicted molar refractivity (Wildman–Crippen MR) is 111 cm³/mol. The first-order valence-corrected chi connectivity index (χ1v) is 9.63. The van der Waals surface area contributed by atoms with E-state index in [1.165, 1.54) is 0 Å². The van der Waals surface area contributed by atoms with Gasteiger partial charge in [-0.25, -0.2) is 5.43 Å². The van der Waals surface area contributed by atoms with Crippen molar-refractivity contribution < 1.29 is 4.79 Å². The van der Waals surface area contributed by atoms with E-state index in [4.69, 9.17) is 0 Å². The third-order valence-corrected chi connectivity index (χ3v) is 5.25. The maximum Gasteiger partial charge on any atom is 0.288 e. The number of hydrazone groups is 1. The predicted octanol–water partition coefficient (Wildman–Crippen LogP) is 5.42. The number of fused-ring (bicyclic) bond motifs is 1. The number of hydrogen-bond acceptors (Lipinski definition) is 3. The van der Waals surface area contributed by atoms with Crippen LogP contribution >= 0.6 is 27.3 Å². The van der Waals surface area contributed by atoms with Gasteiger partial charge in [0.25, 0.3) is 5.91 Å². The lowest BCUT2D eigenvalue weighted by Crippen LogP contribution is -2.18. The molecule has 2 N–H and O–H groups in total. The van der Waals surface area contributed by atoms with Crippen LogP contribution in [0.3, 0.4) is 0 Å². The average molecular weight is 424 g/mol. The van der Waals surface area contributed by atoms with Gasteiger partial charge in [-0.3, -0.25) is 4.79 Å². The largest absolute Gasteiger partial charge is 0.350 e. The van der Waals surface area contributed by atoms with Gasteiger partial charge in [0.2, 0.25) is 0 Å². The number of aromatic nitrogens is 1. The Kier molecular flexibility index (Phi) is 4.69. The molecule has 4 rings (SSSR count). The molecular weight excluding hydrogens is 410 g/mol. The summed E-state index contributed by atoms with van der Waals surface area (Å²) in [6.07, 6.45) is 1.64. The summed E-state index contributed by atoms with van der Waals surface area (Å²) < 4.78 is 0.962. The van der Waals surface area contributed by atoms with Crippen LogP contribution in [0.25, 0.3) is 22.0 Å². The van der Waals surface area contributed by atoms with E-state index >= 15 is 0 Å². The quantitative estimate of drug-likeness (QED) is 0.334. The molecule has 0 aliphatic carbocycles. The lowest BCUT2D eigenvalue weighted by molar-refractivity contribution is 0.0951. The molecule has 128 valence electrons. The number of nitrogens with one attached hydrogen (secondary N) is 2. The molecule has 4 aromatic rings. The van der Waals surface area contributed by atoms with Crippen LogP contribution in [-0.2, 0) is 0 Å². The third-order valence-electron chi connectivity index (χ3n) is 3.95. The number of carbonyl (C=O) groups is 1. The zero-order chi connectivity index (χ0) is 17.9. The Balaban J connectivity index is 1.75. The van der Waals surface area contributed by atoms with Gasteiger partial charge in [0.15, 0.2) is 0 Å². The highest BCUT2D eigenvalue weighted by molar-refractivity contribution is 9.10. The van der Waals surface area contributed by atoms with Crippen molar-refractivity contribution in [3.63, 3.8) is 0 Å². The first-order valence-electron chi connectivity index (χ1n) is 7.96. The van der Waals surface area contributed by atoms with E-state index in [0.717, 1.165) is 31.4 Å². The minimum Gasteiger partial charge on any atom is -0.350 e. The maximum absolute atomic E-state index is 12.8. The van der Waals surface area contributed by atoms with Crippen molar-refractivity contribution in [2.24, 2.45) is 5.10 Å². The lowest BCUT2D eigenvalue weighted by atomic mass is 10.0. The van der Waals surface area contributed by atoms with Crippen molar-refractivity contribution in [2.75, 3.05) is 0 Å². The molecule has 2 aromatic carbocycles. The molecule has 0 saturated heterocycles. The van der Waals surface area contributed by atoms with Gasteiger partial charge in [0.05, 0.1) is 6.21 Å². The number of H-pyrrole nitrogens is 1. The molecular formula is C20H14BrN3OS. The standard InChI is InChI=1S/C20H14BrN3OS/c21-14-8-9-17-16(11-14)18(13-5-2-1-3-6-13)19(23-17)20(25)24-22-12-15-7-4-10-26-15/h1-12,23H,(H,24,25)/b22-12-. The fraction of sp³-hybridized carbons (Fsp3) is 0. The second-order valence-corrected chi connectivity index (χ2v) is 7.54. The summed E-state index contributed by atoms with van der Waals surface area (Å²) in [6, 6.07) is 19.7. The van der Waals surface area contributed by atoms with Crippen molar-refractivity contribution in [3.8, 4) is 11.1 Å². The normalized spacial score (nSPS) is 11.3. The molecule has 0 atom stereocenters. The van der Waals surface area contributed by atoms with Crippen LogP contribution in [-0.4, -0.2) is 17.1 Å². The van der Waals surface area contributed by atoms with Crippen molar-refractivity contribution >= 4 is 50.3 Å². The second kappa shape index (κ2) is 7.27. The van der Waals surface area contributed by atoms with E-state index in [2.05, 4.69) is 31.4 Å². The summed E-state index contributed by atoms with van der Waals surface area (Å²) in [5.74, 6) is -0.274. The Hall–Kier alpha value is -2.70. The molecule has 0 spiro atoms. The van der Waals surface area contributed by atoms with Crippen molar-refractivity contribution in [3.05, 3.63) is 81.1 Å². The van der Waals surface area contributed by atoms with Crippen molar-refractivity contribution in [1.29, 1.82) is 0 Å².